The molecule has 2 aromatic heterocycles. The summed E-state index contributed by atoms with van der Waals surface area (Å²) >= 11 is 0. The number of nitrogens with one attached hydrogen (secondary N) is 3. The summed E-state index contributed by atoms with van der Waals surface area (Å²) in [6.07, 6.45) is 5.03. The molecule has 1 fully saturated rings. The maximum Gasteiger partial charge on any atom is 0.224 e. The van der Waals surface area contributed by atoms with Gasteiger partial charge in [0.1, 0.15) is 5.65 Å². The quantitative estimate of drug-likeness (QED) is 0.740. The highest BCUT2D eigenvalue weighted by atomic mass is 16.1. The maximum atomic E-state index is 11.9. The van der Waals surface area contributed by atoms with E-state index in [-0.39, 0.29) is 11.9 Å². The molecule has 3 N–H and O–H groups in total. The normalized spacial score (nSPS) is 19.2. The van der Waals surface area contributed by atoms with Gasteiger partial charge in [-0.25, -0.2) is 4.98 Å². The van der Waals surface area contributed by atoms with Crippen LogP contribution in [0.3, 0.4) is 0 Å². The SMILES string of the molecule is O=C(Cc1c[nH]c2ncccc12)NC1CCNC1. The zero-order valence-electron chi connectivity index (χ0n) is 10.1. The molecule has 0 aromatic carbocycles. The molecule has 1 amide bonds. The number of nitrogens with zero attached hydrogens (tertiary/aromatic N) is 1. The lowest BCUT2D eigenvalue weighted by Crippen LogP contribution is -2.37. The summed E-state index contributed by atoms with van der Waals surface area (Å²) in [5, 5.41) is 7.31. The fourth-order valence-electron chi connectivity index (χ4n) is 2.39. The Hall–Kier alpha value is -1.88. The first kappa shape index (κ1) is 11.2. The van der Waals surface area contributed by atoms with E-state index in [2.05, 4.69) is 20.6 Å². The monoisotopic (exact) mass is 244 g/mol. The molecule has 18 heavy (non-hydrogen) atoms. The number of aromatic nitrogens is 2. The van der Waals surface area contributed by atoms with E-state index in [0.29, 0.717) is 6.42 Å². The Morgan fingerprint density at radius 3 is 3.33 bits per heavy atom. The van der Waals surface area contributed by atoms with Gasteiger partial charge in [0, 0.05) is 30.4 Å². The summed E-state index contributed by atoms with van der Waals surface area (Å²) in [4.78, 5) is 19.2. The van der Waals surface area contributed by atoms with Crippen LogP contribution in [0.1, 0.15) is 12.0 Å². The van der Waals surface area contributed by atoms with Gasteiger partial charge in [0.15, 0.2) is 0 Å². The summed E-state index contributed by atoms with van der Waals surface area (Å²) in [6.45, 7) is 1.86. The van der Waals surface area contributed by atoms with E-state index in [0.717, 1.165) is 36.1 Å². The number of hydrogen-bond donors (Lipinski definition) is 3. The standard InChI is InChI=1S/C13H16N4O/c18-12(17-10-3-5-14-8-10)6-9-7-16-13-11(9)2-1-4-15-13/h1-2,4,7,10,14H,3,5-6,8H2,(H,15,16)(H,17,18). The molecule has 0 saturated carbocycles. The number of aromatic amines is 1. The van der Waals surface area contributed by atoms with Crippen LogP contribution in [0.4, 0.5) is 0 Å². The minimum Gasteiger partial charge on any atom is -0.352 e. The molecule has 1 unspecified atom stereocenters. The molecule has 2 aromatic rings. The van der Waals surface area contributed by atoms with Gasteiger partial charge >= 0.3 is 0 Å². The van der Waals surface area contributed by atoms with Crippen LogP contribution >= 0.6 is 0 Å². The van der Waals surface area contributed by atoms with E-state index in [1.54, 1.807) is 6.20 Å². The van der Waals surface area contributed by atoms with Gasteiger partial charge in [-0.2, -0.15) is 0 Å². The number of fused-ring (bicyclic) bond motifs is 1. The highest BCUT2D eigenvalue weighted by molar-refractivity contribution is 5.87. The molecule has 5 heteroatoms. The van der Waals surface area contributed by atoms with Crippen LogP contribution in [0.2, 0.25) is 0 Å². The van der Waals surface area contributed by atoms with Crippen LogP contribution in [0.25, 0.3) is 11.0 Å². The molecule has 5 nitrogen and oxygen atoms in total. The second kappa shape index (κ2) is 4.78. The van der Waals surface area contributed by atoms with E-state index in [1.807, 2.05) is 18.3 Å². The van der Waals surface area contributed by atoms with Gasteiger partial charge in [-0.1, -0.05) is 0 Å². The summed E-state index contributed by atoms with van der Waals surface area (Å²) in [5.74, 6) is 0.0773. The Bertz CT molecular complexity index is 557. The van der Waals surface area contributed by atoms with Gasteiger partial charge in [0.25, 0.3) is 0 Å². The largest absolute Gasteiger partial charge is 0.352 e. The van der Waals surface area contributed by atoms with Gasteiger partial charge < -0.3 is 15.6 Å². The third kappa shape index (κ3) is 2.22. The van der Waals surface area contributed by atoms with Crippen LogP contribution in [0, 0.1) is 0 Å². The highest BCUT2D eigenvalue weighted by Gasteiger charge is 2.17. The first-order valence-corrected chi connectivity index (χ1v) is 6.24. The van der Waals surface area contributed by atoms with Gasteiger partial charge in [0.2, 0.25) is 5.91 Å². The first-order chi connectivity index (χ1) is 8.83. The maximum absolute atomic E-state index is 11.9. The van der Waals surface area contributed by atoms with Gasteiger partial charge in [-0.15, -0.1) is 0 Å². The van der Waals surface area contributed by atoms with Gasteiger partial charge in [0.05, 0.1) is 6.42 Å². The van der Waals surface area contributed by atoms with Crippen LogP contribution < -0.4 is 10.6 Å². The molecule has 94 valence electrons. The molecule has 1 saturated heterocycles. The van der Waals surface area contributed by atoms with Crippen molar-refractivity contribution >= 4 is 16.9 Å². The number of pyridine rings is 1. The average Bonchev–Trinajstić information content (AvgIpc) is 3.00. The summed E-state index contributed by atoms with van der Waals surface area (Å²) in [6, 6.07) is 4.15. The Labute approximate surface area is 105 Å². The first-order valence-electron chi connectivity index (χ1n) is 6.24. The molecule has 1 aliphatic heterocycles. The third-order valence-electron chi connectivity index (χ3n) is 3.31. The highest BCUT2D eigenvalue weighted by Crippen LogP contribution is 2.16. The smallest absolute Gasteiger partial charge is 0.224 e. The third-order valence-corrected chi connectivity index (χ3v) is 3.31. The Morgan fingerprint density at radius 2 is 2.50 bits per heavy atom. The predicted octanol–water partition coefficient (Wildman–Crippen LogP) is 0.583. The van der Waals surface area contributed by atoms with E-state index >= 15 is 0 Å². The molecular weight excluding hydrogens is 228 g/mol. The molecule has 1 atom stereocenters. The van der Waals surface area contributed by atoms with Crippen LogP contribution in [-0.4, -0.2) is 35.0 Å². The Kier molecular flexibility index (Phi) is 2.98. The number of H-pyrrole nitrogens is 1. The summed E-state index contributed by atoms with van der Waals surface area (Å²) in [5.41, 5.74) is 1.84. The van der Waals surface area contributed by atoms with E-state index < -0.39 is 0 Å². The van der Waals surface area contributed by atoms with Crippen molar-refractivity contribution < 1.29 is 4.79 Å². The Balaban J connectivity index is 1.70. The molecular formula is C13H16N4O. The summed E-state index contributed by atoms with van der Waals surface area (Å²) < 4.78 is 0. The lowest BCUT2D eigenvalue weighted by molar-refractivity contribution is -0.121. The van der Waals surface area contributed by atoms with Crippen molar-refractivity contribution in [2.45, 2.75) is 18.9 Å². The topological polar surface area (TPSA) is 69.8 Å². The van der Waals surface area contributed by atoms with Gasteiger partial charge in [-0.3, -0.25) is 4.79 Å². The van der Waals surface area contributed by atoms with Crippen molar-refractivity contribution in [3.8, 4) is 0 Å². The second-order valence-electron chi connectivity index (χ2n) is 4.65. The minimum atomic E-state index is 0.0773. The van der Waals surface area contributed by atoms with Gasteiger partial charge in [-0.05, 0) is 30.7 Å². The molecule has 0 spiro atoms. The average molecular weight is 244 g/mol. The Morgan fingerprint density at radius 1 is 1.56 bits per heavy atom. The minimum absolute atomic E-state index is 0.0773. The number of carbonyl (C=O) groups excluding carboxylic acids is 1. The molecule has 0 radical (unpaired) electrons. The summed E-state index contributed by atoms with van der Waals surface area (Å²) in [7, 11) is 0. The molecule has 1 aliphatic rings. The van der Waals surface area contributed by atoms with Crippen molar-refractivity contribution in [2.75, 3.05) is 13.1 Å². The lowest BCUT2D eigenvalue weighted by Gasteiger charge is -2.10. The number of carbonyl (C=O) groups is 1. The molecule has 3 rings (SSSR count). The zero-order valence-corrected chi connectivity index (χ0v) is 10.1. The fourth-order valence-corrected chi connectivity index (χ4v) is 2.39. The van der Waals surface area contributed by atoms with Crippen LogP contribution in [-0.2, 0) is 11.2 Å². The molecule has 0 bridgehead atoms. The van der Waals surface area contributed by atoms with E-state index in [1.165, 1.54) is 0 Å². The van der Waals surface area contributed by atoms with Crippen molar-refractivity contribution in [3.05, 3.63) is 30.1 Å². The van der Waals surface area contributed by atoms with Crippen molar-refractivity contribution in [1.29, 1.82) is 0 Å². The lowest BCUT2D eigenvalue weighted by atomic mass is 10.1. The second-order valence-corrected chi connectivity index (χ2v) is 4.65. The number of amides is 1. The van der Waals surface area contributed by atoms with Crippen molar-refractivity contribution in [1.82, 2.24) is 20.6 Å². The van der Waals surface area contributed by atoms with E-state index in [4.69, 9.17) is 0 Å². The molecule has 3 heterocycles. The predicted molar refractivity (Wildman–Crippen MR) is 69.2 cm³/mol. The fraction of sp³-hybridized carbons (Fsp3) is 0.385. The van der Waals surface area contributed by atoms with Crippen molar-refractivity contribution in [3.63, 3.8) is 0 Å². The van der Waals surface area contributed by atoms with Crippen molar-refractivity contribution in [2.24, 2.45) is 0 Å². The number of hydrogen-bond acceptors (Lipinski definition) is 3. The van der Waals surface area contributed by atoms with Crippen LogP contribution in [0.5, 0.6) is 0 Å². The van der Waals surface area contributed by atoms with E-state index in [9.17, 15) is 4.79 Å². The zero-order chi connectivity index (χ0) is 12.4. The van der Waals surface area contributed by atoms with Crippen LogP contribution in [0.15, 0.2) is 24.5 Å². The number of rotatable bonds is 3. The molecule has 0 aliphatic carbocycles.